The van der Waals surface area contributed by atoms with Gasteiger partial charge in [-0.15, -0.1) is 11.8 Å². The Bertz CT molecular complexity index is 432. The van der Waals surface area contributed by atoms with E-state index in [1.54, 1.807) is 0 Å². The zero-order valence-corrected chi connectivity index (χ0v) is 11.5. The van der Waals surface area contributed by atoms with Crippen LogP contribution in [0.4, 0.5) is 0 Å². The number of benzene rings is 1. The second-order valence-electron chi connectivity index (χ2n) is 3.90. The Labute approximate surface area is 112 Å². The summed E-state index contributed by atoms with van der Waals surface area (Å²) in [6.07, 6.45) is 3.74. The van der Waals surface area contributed by atoms with Gasteiger partial charge in [0, 0.05) is 35.0 Å². The Morgan fingerprint density at radius 3 is 2.33 bits per heavy atom. The summed E-state index contributed by atoms with van der Waals surface area (Å²) < 4.78 is 0. The SMILES string of the molecule is CCSc1ccc(-c2ncc(CNC)cn2)cc1. The first kappa shape index (κ1) is 13.1. The van der Waals surface area contributed by atoms with E-state index in [1.165, 1.54) is 4.90 Å². The van der Waals surface area contributed by atoms with Crippen LogP contribution in [-0.2, 0) is 6.54 Å². The molecule has 0 bridgehead atoms. The molecule has 0 fully saturated rings. The van der Waals surface area contributed by atoms with Crippen molar-refractivity contribution in [3.05, 3.63) is 42.2 Å². The highest BCUT2D eigenvalue weighted by atomic mass is 32.2. The van der Waals surface area contributed by atoms with E-state index in [0.717, 1.165) is 29.2 Å². The smallest absolute Gasteiger partial charge is 0.159 e. The van der Waals surface area contributed by atoms with Crippen molar-refractivity contribution in [1.29, 1.82) is 0 Å². The lowest BCUT2D eigenvalue weighted by atomic mass is 10.2. The third-order valence-corrected chi connectivity index (χ3v) is 3.40. The van der Waals surface area contributed by atoms with E-state index in [2.05, 4.69) is 46.5 Å². The number of hydrogen-bond donors (Lipinski definition) is 1. The fourth-order valence-electron chi connectivity index (χ4n) is 1.67. The molecular formula is C14H17N3S. The molecular weight excluding hydrogens is 242 g/mol. The maximum atomic E-state index is 4.39. The second-order valence-corrected chi connectivity index (χ2v) is 5.24. The van der Waals surface area contributed by atoms with Crippen LogP contribution in [0.5, 0.6) is 0 Å². The van der Waals surface area contributed by atoms with Gasteiger partial charge in [0.25, 0.3) is 0 Å². The van der Waals surface area contributed by atoms with Crippen LogP contribution in [0, 0.1) is 0 Å². The Morgan fingerprint density at radius 1 is 1.11 bits per heavy atom. The van der Waals surface area contributed by atoms with E-state index in [-0.39, 0.29) is 0 Å². The first-order chi connectivity index (χ1) is 8.83. The minimum atomic E-state index is 0.780. The van der Waals surface area contributed by atoms with Gasteiger partial charge in [-0.25, -0.2) is 9.97 Å². The standard InChI is InChI=1S/C14H17N3S/c1-3-18-13-6-4-12(5-7-13)14-16-9-11(8-15-2)10-17-14/h4-7,9-10,15H,3,8H2,1-2H3. The van der Waals surface area contributed by atoms with Crippen LogP contribution in [-0.4, -0.2) is 22.8 Å². The summed E-state index contributed by atoms with van der Waals surface area (Å²) in [5, 5.41) is 3.08. The number of nitrogens with one attached hydrogen (secondary N) is 1. The zero-order chi connectivity index (χ0) is 12.8. The topological polar surface area (TPSA) is 37.8 Å². The van der Waals surface area contributed by atoms with Gasteiger partial charge in [-0.3, -0.25) is 0 Å². The Balaban J connectivity index is 2.15. The van der Waals surface area contributed by atoms with Crippen molar-refractivity contribution in [2.24, 2.45) is 0 Å². The molecule has 4 heteroatoms. The van der Waals surface area contributed by atoms with Crippen molar-refractivity contribution in [2.45, 2.75) is 18.4 Å². The molecule has 0 unspecified atom stereocenters. The lowest BCUT2D eigenvalue weighted by Gasteiger charge is -2.03. The number of nitrogens with zero attached hydrogens (tertiary/aromatic N) is 2. The van der Waals surface area contributed by atoms with E-state index < -0.39 is 0 Å². The van der Waals surface area contributed by atoms with Gasteiger partial charge in [0.15, 0.2) is 5.82 Å². The summed E-state index contributed by atoms with van der Waals surface area (Å²) in [6.45, 7) is 2.95. The molecule has 0 radical (unpaired) electrons. The fourth-order valence-corrected chi connectivity index (χ4v) is 2.33. The monoisotopic (exact) mass is 259 g/mol. The highest BCUT2D eigenvalue weighted by Crippen LogP contribution is 2.21. The lowest BCUT2D eigenvalue weighted by Crippen LogP contribution is -2.06. The van der Waals surface area contributed by atoms with Gasteiger partial charge >= 0.3 is 0 Å². The molecule has 2 aromatic rings. The van der Waals surface area contributed by atoms with Gasteiger partial charge in [-0.1, -0.05) is 19.1 Å². The van der Waals surface area contributed by atoms with E-state index in [1.807, 2.05) is 31.2 Å². The summed E-state index contributed by atoms with van der Waals surface area (Å²) in [6, 6.07) is 8.39. The van der Waals surface area contributed by atoms with Crippen molar-refractivity contribution in [3.63, 3.8) is 0 Å². The predicted octanol–water partition coefficient (Wildman–Crippen LogP) is 2.98. The van der Waals surface area contributed by atoms with Crippen LogP contribution in [0.2, 0.25) is 0 Å². The fraction of sp³-hybridized carbons (Fsp3) is 0.286. The minimum Gasteiger partial charge on any atom is -0.316 e. The minimum absolute atomic E-state index is 0.780. The van der Waals surface area contributed by atoms with Crippen LogP contribution in [0.15, 0.2) is 41.6 Å². The molecule has 18 heavy (non-hydrogen) atoms. The Hall–Kier alpha value is -1.39. The Morgan fingerprint density at radius 2 is 1.78 bits per heavy atom. The maximum absolute atomic E-state index is 4.39. The normalized spacial score (nSPS) is 10.6. The van der Waals surface area contributed by atoms with Crippen molar-refractivity contribution < 1.29 is 0 Å². The largest absolute Gasteiger partial charge is 0.316 e. The van der Waals surface area contributed by atoms with Gasteiger partial charge in [0.1, 0.15) is 0 Å². The lowest BCUT2D eigenvalue weighted by molar-refractivity contribution is 0.807. The quantitative estimate of drug-likeness (QED) is 0.838. The average Bonchev–Trinajstić information content (AvgIpc) is 2.41. The highest BCUT2D eigenvalue weighted by Gasteiger charge is 2.01. The van der Waals surface area contributed by atoms with Crippen LogP contribution >= 0.6 is 11.8 Å². The zero-order valence-electron chi connectivity index (χ0n) is 10.7. The molecule has 0 spiro atoms. The van der Waals surface area contributed by atoms with Crippen LogP contribution in [0.3, 0.4) is 0 Å². The summed E-state index contributed by atoms with van der Waals surface area (Å²) in [4.78, 5) is 10.1. The summed E-state index contributed by atoms with van der Waals surface area (Å²) in [5.74, 6) is 1.87. The molecule has 94 valence electrons. The molecule has 1 N–H and O–H groups in total. The average molecular weight is 259 g/mol. The first-order valence-electron chi connectivity index (χ1n) is 6.02. The van der Waals surface area contributed by atoms with E-state index >= 15 is 0 Å². The molecule has 0 atom stereocenters. The number of hydrogen-bond acceptors (Lipinski definition) is 4. The molecule has 3 nitrogen and oxygen atoms in total. The molecule has 1 aromatic carbocycles. The van der Waals surface area contributed by atoms with Crippen molar-refractivity contribution in [1.82, 2.24) is 15.3 Å². The van der Waals surface area contributed by atoms with E-state index in [9.17, 15) is 0 Å². The van der Waals surface area contributed by atoms with Gasteiger partial charge in [0.05, 0.1) is 0 Å². The van der Waals surface area contributed by atoms with E-state index in [4.69, 9.17) is 0 Å². The molecule has 0 amide bonds. The molecule has 1 heterocycles. The molecule has 0 aliphatic heterocycles. The molecule has 0 aliphatic rings. The second kappa shape index (κ2) is 6.52. The first-order valence-corrected chi connectivity index (χ1v) is 7.00. The molecule has 1 aromatic heterocycles. The Kier molecular flexibility index (Phi) is 4.73. The number of aromatic nitrogens is 2. The van der Waals surface area contributed by atoms with Crippen molar-refractivity contribution in [3.8, 4) is 11.4 Å². The highest BCUT2D eigenvalue weighted by molar-refractivity contribution is 7.99. The summed E-state index contributed by atoms with van der Waals surface area (Å²) >= 11 is 1.84. The van der Waals surface area contributed by atoms with Gasteiger partial charge in [-0.2, -0.15) is 0 Å². The van der Waals surface area contributed by atoms with Crippen LogP contribution in [0.25, 0.3) is 11.4 Å². The third-order valence-electron chi connectivity index (χ3n) is 2.51. The number of rotatable bonds is 5. The predicted molar refractivity (Wildman–Crippen MR) is 76.6 cm³/mol. The summed E-state index contributed by atoms with van der Waals surface area (Å²) in [5.41, 5.74) is 2.16. The molecule has 2 rings (SSSR count). The molecule has 0 saturated heterocycles. The number of thioether (sulfide) groups is 1. The van der Waals surface area contributed by atoms with Crippen molar-refractivity contribution >= 4 is 11.8 Å². The molecule has 0 saturated carbocycles. The van der Waals surface area contributed by atoms with Crippen LogP contribution in [0.1, 0.15) is 12.5 Å². The maximum Gasteiger partial charge on any atom is 0.159 e. The van der Waals surface area contributed by atoms with Crippen molar-refractivity contribution in [2.75, 3.05) is 12.8 Å². The summed E-state index contributed by atoms with van der Waals surface area (Å²) in [7, 11) is 1.91. The van der Waals surface area contributed by atoms with E-state index in [0.29, 0.717) is 0 Å². The molecule has 0 aliphatic carbocycles. The van der Waals surface area contributed by atoms with Gasteiger partial charge in [-0.05, 0) is 24.9 Å². The van der Waals surface area contributed by atoms with Gasteiger partial charge < -0.3 is 5.32 Å². The van der Waals surface area contributed by atoms with Gasteiger partial charge in [0.2, 0.25) is 0 Å². The van der Waals surface area contributed by atoms with Crippen LogP contribution < -0.4 is 5.32 Å². The third kappa shape index (κ3) is 3.31.